The summed E-state index contributed by atoms with van der Waals surface area (Å²) in [6.45, 7) is 6.63. The highest BCUT2D eigenvalue weighted by Crippen LogP contribution is 2.67. The van der Waals surface area contributed by atoms with E-state index in [2.05, 4.69) is 55.7 Å². The van der Waals surface area contributed by atoms with Gasteiger partial charge >= 0.3 is 0 Å². The molecule has 0 aromatic heterocycles. The maximum atomic E-state index is 6.12. The van der Waals surface area contributed by atoms with Crippen LogP contribution in [0, 0.1) is 34.5 Å². The first-order chi connectivity index (χ1) is 15.5. The normalized spacial score (nSPS) is 45.9. The van der Waals surface area contributed by atoms with Crippen LogP contribution in [0.25, 0.3) is 0 Å². The van der Waals surface area contributed by atoms with Crippen LogP contribution in [-0.4, -0.2) is 24.7 Å². The van der Waals surface area contributed by atoms with Crippen molar-refractivity contribution in [2.24, 2.45) is 39.6 Å². The second-order valence-corrected chi connectivity index (χ2v) is 11.9. The largest absolute Gasteiger partial charge is 0.347 e. The molecule has 32 heavy (non-hydrogen) atoms. The minimum Gasteiger partial charge on any atom is -0.347 e. The number of nitrogens with zero attached hydrogens (tertiary/aromatic N) is 1. The fourth-order valence-corrected chi connectivity index (χ4v) is 8.93. The minimum absolute atomic E-state index is 0.262. The molecule has 2 heterocycles. The van der Waals surface area contributed by atoms with Gasteiger partial charge in [0.2, 0.25) is 0 Å². The minimum atomic E-state index is -0.310. The molecule has 7 rings (SSSR count). The Kier molecular flexibility index (Phi) is 4.14. The van der Waals surface area contributed by atoms with E-state index >= 15 is 0 Å². The quantitative estimate of drug-likeness (QED) is 0.586. The highest BCUT2D eigenvalue weighted by atomic mass is 16.7. The second kappa shape index (κ2) is 6.70. The number of benzene rings is 1. The van der Waals surface area contributed by atoms with E-state index in [-0.39, 0.29) is 11.2 Å². The average molecular weight is 433 g/mol. The second-order valence-electron chi connectivity index (χ2n) is 11.9. The summed E-state index contributed by atoms with van der Waals surface area (Å²) in [6, 6.07) is 11.3. The number of nitrogens with one attached hydrogen (secondary N) is 1. The van der Waals surface area contributed by atoms with Gasteiger partial charge in [-0.15, -0.1) is 0 Å². The Morgan fingerprint density at radius 1 is 0.969 bits per heavy atom. The van der Waals surface area contributed by atoms with Crippen molar-refractivity contribution in [3.05, 3.63) is 47.5 Å². The number of fused-ring (bicyclic) bond motifs is 7. The van der Waals surface area contributed by atoms with E-state index in [1.807, 2.05) is 0 Å². The molecule has 1 aromatic carbocycles. The molecule has 4 heteroatoms. The van der Waals surface area contributed by atoms with E-state index in [0.29, 0.717) is 17.4 Å². The molecular formula is C28H36N2O2. The molecule has 7 atom stereocenters. The van der Waals surface area contributed by atoms with E-state index in [1.54, 1.807) is 5.57 Å². The Hall–Kier alpha value is -1.65. The molecule has 1 spiro atoms. The summed E-state index contributed by atoms with van der Waals surface area (Å²) in [5, 5.41) is 5.01. The molecule has 0 radical (unpaired) electrons. The average Bonchev–Trinajstić information content (AvgIpc) is 3.51. The van der Waals surface area contributed by atoms with Crippen molar-refractivity contribution in [3.63, 3.8) is 0 Å². The Bertz CT molecular complexity index is 980. The smallest absolute Gasteiger partial charge is 0.172 e. The Labute approximate surface area is 191 Å². The third-order valence-corrected chi connectivity index (χ3v) is 10.6. The summed E-state index contributed by atoms with van der Waals surface area (Å²) < 4.78 is 12.2. The van der Waals surface area contributed by atoms with Crippen LogP contribution in [0.15, 0.2) is 47.1 Å². The number of allylic oxidation sites excluding steroid dienone is 1. The summed E-state index contributed by atoms with van der Waals surface area (Å²) >= 11 is 0. The van der Waals surface area contributed by atoms with Crippen LogP contribution < -0.4 is 5.43 Å². The van der Waals surface area contributed by atoms with E-state index < -0.39 is 0 Å². The van der Waals surface area contributed by atoms with Gasteiger partial charge in [-0.25, -0.2) is 0 Å². The Morgan fingerprint density at radius 3 is 2.59 bits per heavy atom. The molecule has 1 N–H and O–H groups in total. The summed E-state index contributed by atoms with van der Waals surface area (Å²) in [5.41, 5.74) is 8.62. The Morgan fingerprint density at radius 2 is 1.78 bits per heavy atom. The molecule has 4 fully saturated rings. The molecule has 3 saturated carbocycles. The predicted molar refractivity (Wildman–Crippen MR) is 125 cm³/mol. The lowest BCUT2D eigenvalue weighted by Crippen LogP contribution is -2.52. The van der Waals surface area contributed by atoms with E-state index in [1.165, 1.54) is 43.4 Å². The van der Waals surface area contributed by atoms with Crippen molar-refractivity contribution in [3.8, 4) is 0 Å². The van der Waals surface area contributed by atoms with Gasteiger partial charge in [0.15, 0.2) is 5.79 Å². The van der Waals surface area contributed by atoms with E-state index in [4.69, 9.17) is 14.6 Å². The lowest BCUT2D eigenvalue weighted by atomic mass is 9.48. The van der Waals surface area contributed by atoms with Crippen molar-refractivity contribution >= 4 is 5.71 Å². The van der Waals surface area contributed by atoms with Crippen LogP contribution >= 0.6 is 0 Å². The lowest BCUT2D eigenvalue weighted by Gasteiger charge is -2.58. The number of hydrazone groups is 1. The molecule has 3 unspecified atom stereocenters. The summed E-state index contributed by atoms with van der Waals surface area (Å²) in [7, 11) is 0. The van der Waals surface area contributed by atoms with Crippen molar-refractivity contribution < 1.29 is 9.47 Å². The van der Waals surface area contributed by atoms with Crippen LogP contribution in [0.3, 0.4) is 0 Å². The zero-order chi connectivity index (χ0) is 21.6. The fourth-order valence-electron chi connectivity index (χ4n) is 8.93. The van der Waals surface area contributed by atoms with Gasteiger partial charge in [-0.3, -0.25) is 0 Å². The molecule has 170 valence electrons. The first-order valence-electron chi connectivity index (χ1n) is 12.9. The Balaban J connectivity index is 1.19. The van der Waals surface area contributed by atoms with Gasteiger partial charge in [-0.1, -0.05) is 55.8 Å². The van der Waals surface area contributed by atoms with Gasteiger partial charge in [-0.05, 0) is 60.8 Å². The van der Waals surface area contributed by atoms with Crippen LogP contribution in [0.4, 0.5) is 0 Å². The fraction of sp³-hybridized carbons (Fsp3) is 0.679. The van der Waals surface area contributed by atoms with Gasteiger partial charge in [0.1, 0.15) is 0 Å². The molecule has 0 amide bonds. The van der Waals surface area contributed by atoms with Crippen LogP contribution in [0.2, 0.25) is 0 Å². The third-order valence-electron chi connectivity index (χ3n) is 10.6. The molecule has 2 aliphatic heterocycles. The van der Waals surface area contributed by atoms with Crippen LogP contribution in [0.5, 0.6) is 0 Å². The van der Waals surface area contributed by atoms with Gasteiger partial charge < -0.3 is 14.9 Å². The molecule has 1 aromatic rings. The maximum Gasteiger partial charge on any atom is 0.172 e. The summed E-state index contributed by atoms with van der Waals surface area (Å²) in [6.07, 6.45) is 11.0. The summed E-state index contributed by atoms with van der Waals surface area (Å²) in [4.78, 5) is 0. The van der Waals surface area contributed by atoms with Crippen LogP contribution in [0.1, 0.15) is 70.4 Å². The van der Waals surface area contributed by atoms with E-state index in [9.17, 15) is 0 Å². The van der Waals surface area contributed by atoms with Crippen LogP contribution in [-0.2, 0) is 9.47 Å². The highest BCUT2D eigenvalue weighted by Gasteiger charge is 2.63. The lowest BCUT2D eigenvalue weighted by molar-refractivity contribution is -0.184. The van der Waals surface area contributed by atoms with Crippen molar-refractivity contribution in [1.29, 1.82) is 0 Å². The molecule has 0 bridgehead atoms. The molecule has 1 saturated heterocycles. The molecule has 4 aliphatic carbocycles. The zero-order valence-corrected chi connectivity index (χ0v) is 19.5. The highest BCUT2D eigenvalue weighted by molar-refractivity contribution is 5.96. The number of hydrogen-bond donors (Lipinski definition) is 1. The first kappa shape index (κ1) is 19.8. The van der Waals surface area contributed by atoms with E-state index in [0.717, 1.165) is 43.8 Å². The monoisotopic (exact) mass is 432 g/mol. The SMILES string of the molecule is C[C@]12CCC3(CC1=CCC1C2CC[C@]2(C)C4=NN[C@H](c5ccccc5)[C@H]4CC12)OCCO3. The van der Waals surface area contributed by atoms with Crippen molar-refractivity contribution in [2.45, 2.75) is 70.6 Å². The standard InChI is InChI=1S/C28H36N2O2/c1-26-12-13-28(31-14-15-32-28)17-19(26)8-9-20-22(26)10-11-27(2)23(20)16-21-24(29-30-25(21)27)18-6-4-3-5-7-18/h3-8,20-24,29H,9-17H2,1-2H3/t20?,21-,22?,23?,24-,26+,27+/m1/s1. The topological polar surface area (TPSA) is 42.9 Å². The number of hydrogen-bond acceptors (Lipinski definition) is 4. The molecular weight excluding hydrogens is 396 g/mol. The van der Waals surface area contributed by atoms with Crippen molar-refractivity contribution in [2.75, 3.05) is 13.2 Å². The molecule has 4 nitrogen and oxygen atoms in total. The third kappa shape index (κ3) is 2.54. The van der Waals surface area contributed by atoms with Gasteiger partial charge in [0.25, 0.3) is 0 Å². The number of rotatable bonds is 1. The van der Waals surface area contributed by atoms with Crippen molar-refractivity contribution in [1.82, 2.24) is 5.43 Å². The summed E-state index contributed by atoms with van der Waals surface area (Å²) in [5.74, 6) is 2.57. The van der Waals surface area contributed by atoms with Gasteiger partial charge in [-0.2, -0.15) is 5.10 Å². The maximum absolute atomic E-state index is 6.12. The number of ether oxygens (including phenoxy) is 2. The predicted octanol–water partition coefficient (Wildman–Crippen LogP) is 5.62. The molecule has 6 aliphatic rings. The van der Waals surface area contributed by atoms with Gasteiger partial charge in [0.05, 0.1) is 19.3 Å². The zero-order valence-electron chi connectivity index (χ0n) is 19.5. The first-order valence-corrected chi connectivity index (χ1v) is 12.9. The van der Waals surface area contributed by atoms with Gasteiger partial charge in [0, 0.05) is 29.9 Å².